The monoisotopic (exact) mass is 345 g/mol. The van der Waals surface area contributed by atoms with Crippen molar-refractivity contribution in [2.24, 2.45) is 0 Å². The molecule has 0 atom stereocenters. The quantitative estimate of drug-likeness (QED) is 0.659. The number of hydrogen-bond acceptors (Lipinski definition) is 6. The van der Waals surface area contributed by atoms with E-state index in [1.807, 2.05) is 25.1 Å². The molecule has 2 aromatic heterocycles. The number of H-pyrrole nitrogens is 1. The number of thioether (sulfide) groups is 1. The Hall–Kier alpha value is -2.81. The molecule has 0 amide bonds. The molecule has 0 fully saturated rings. The molecule has 3 rings (SSSR count). The molecule has 0 unspecified atom stereocenters. The highest BCUT2D eigenvalue weighted by molar-refractivity contribution is 7.99. The summed E-state index contributed by atoms with van der Waals surface area (Å²) < 4.78 is 7.23. The molecule has 0 aliphatic carbocycles. The Kier molecular flexibility index (Phi) is 4.52. The molecule has 24 heavy (non-hydrogen) atoms. The number of benzene rings is 1. The molecule has 2 N–H and O–H groups in total. The van der Waals surface area contributed by atoms with Crippen molar-refractivity contribution < 1.29 is 14.6 Å². The fourth-order valence-electron chi connectivity index (χ4n) is 2.24. The minimum absolute atomic E-state index is 0.113. The van der Waals surface area contributed by atoms with Gasteiger partial charge in [-0.25, -0.2) is 0 Å². The fraction of sp³-hybridized carbons (Fsp3) is 0.200. The summed E-state index contributed by atoms with van der Waals surface area (Å²) in [4.78, 5) is 10.9. The lowest BCUT2D eigenvalue weighted by Crippen LogP contribution is -2.05. The van der Waals surface area contributed by atoms with Crippen molar-refractivity contribution in [3.05, 3.63) is 36.2 Å². The average Bonchev–Trinajstić information content (AvgIpc) is 3.21. The average molecular weight is 345 g/mol. The van der Waals surface area contributed by atoms with Crippen LogP contribution >= 0.6 is 11.8 Å². The maximum Gasteiger partial charge on any atom is 0.313 e. The van der Waals surface area contributed by atoms with Gasteiger partial charge in [-0.1, -0.05) is 17.8 Å². The number of aromatic nitrogens is 5. The van der Waals surface area contributed by atoms with Crippen molar-refractivity contribution in [1.82, 2.24) is 25.0 Å². The van der Waals surface area contributed by atoms with Gasteiger partial charge in [-0.05, 0) is 24.6 Å². The topological polar surface area (TPSA) is 106 Å². The van der Waals surface area contributed by atoms with E-state index in [0.717, 1.165) is 28.6 Å². The number of aliphatic carboxylic acids is 1. The van der Waals surface area contributed by atoms with Crippen LogP contribution in [0.1, 0.15) is 5.56 Å². The summed E-state index contributed by atoms with van der Waals surface area (Å²) in [6, 6.07) is 5.74. The zero-order valence-corrected chi connectivity index (χ0v) is 13.9. The van der Waals surface area contributed by atoms with Gasteiger partial charge >= 0.3 is 5.97 Å². The highest BCUT2D eigenvalue weighted by Crippen LogP contribution is 2.32. The number of hydrogen-bond donors (Lipinski definition) is 2. The molecule has 1 aromatic carbocycles. The van der Waals surface area contributed by atoms with Crippen LogP contribution in [0.2, 0.25) is 0 Å². The summed E-state index contributed by atoms with van der Waals surface area (Å²) in [5.41, 5.74) is 2.52. The molecule has 0 bridgehead atoms. The molecular formula is C15H15N5O3S. The van der Waals surface area contributed by atoms with Crippen LogP contribution in [0.25, 0.3) is 17.1 Å². The summed E-state index contributed by atoms with van der Waals surface area (Å²) in [6.07, 6.45) is 3.34. The van der Waals surface area contributed by atoms with Crippen LogP contribution in [0.3, 0.4) is 0 Å². The van der Waals surface area contributed by atoms with Crippen LogP contribution in [-0.2, 0) is 4.79 Å². The second-order valence-electron chi connectivity index (χ2n) is 4.99. The molecule has 0 radical (unpaired) electrons. The molecule has 0 saturated heterocycles. The number of aryl methyl sites for hydroxylation is 1. The number of aromatic amines is 1. The minimum Gasteiger partial charge on any atom is -0.495 e. The number of ether oxygens (including phenoxy) is 1. The maximum absolute atomic E-state index is 10.9. The first-order valence-electron chi connectivity index (χ1n) is 7.04. The van der Waals surface area contributed by atoms with Crippen molar-refractivity contribution in [3.8, 4) is 22.8 Å². The Morgan fingerprint density at radius 1 is 1.42 bits per heavy atom. The Bertz CT molecular complexity index is 860. The number of carboxylic acids is 1. The van der Waals surface area contributed by atoms with E-state index in [4.69, 9.17) is 9.84 Å². The molecule has 2 heterocycles. The van der Waals surface area contributed by atoms with Gasteiger partial charge in [0, 0.05) is 6.20 Å². The van der Waals surface area contributed by atoms with E-state index in [9.17, 15) is 4.79 Å². The number of nitrogens with zero attached hydrogens (tertiary/aromatic N) is 4. The van der Waals surface area contributed by atoms with Crippen molar-refractivity contribution in [2.45, 2.75) is 12.1 Å². The molecule has 8 nitrogen and oxygen atoms in total. The van der Waals surface area contributed by atoms with E-state index in [2.05, 4.69) is 20.4 Å². The largest absolute Gasteiger partial charge is 0.495 e. The Labute approximate surface area is 141 Å². The van der Waals surface area contributed by atoms with Crippen LogP contribution < -0.4 is 4.74 Å². The number of carbonyl (C=O) groups is 1. The number of methoxy groups -OCH3 is 1. The van der Waals surface area contributed by atoms with E-state index < -0.39 is 5.97 Å². The second kappa shape index (κ2) is 6.75. The van der Waals surface area contributed by atoms with Gasteiger partial charge in [0.15, 0.2) is 11.0 Å². The second-order valence-corrected chi connectivity index (χ2v) is 5.93. The fourth-order valence-corrected chi connectivity index (χ4v) is 2.91. The summed E-state index contributed by atoms with van der Waals surface area (Å²) >= 11 is 1.10. The molecule has 3 aromatic rings. The predicted octanol–water partition coefficient (Wildman–Crippen LogP) is 2.15. The normalized spacial score (nSPS) is 10.8. The Morgan fingerprint density at radius 2 is 2.25 bits per heavy atom. The van der Waals surface area contributed by atoms with Gasteiger partial charge in [-0.15, -0.1) is 10.2 Å². The lowest BCUT2D eigenvalue weighted by molar-refractivity contribution is -0.133. The van der Waals surface area contributed by atoms with E-state index >= 15 is 0 Å². The molecule has 0 saturated carbocycles. The van der Waals surface area contributed by atoms with Gasteiger partial charge < -0.3 is 9.84 Å². The van der Waals surface area contributed by atoms with Crippen molar-refractivity contribution in [1.29, 1.82) is 0 Å². The van der Waals surface area contributed by atoms with Gasteiger partial charge in [0.25, 0.3) is 0 Å². The van der Waals surface area contributed by atoms with Gasteiger partial charge in [0.2, 0.25) is 0 Å². The van der Waals surface area contributed by atoms with Crippen molar-refractivity contribution >= 4 is 17.7 Å². The first kappa shape index (κ1) is 16.1. The zero-order chi connectivity index (χ0) is 17.1. The molecular weight excluding hydrogens is 330 g/mol. The van der Waals surface area contributed by atoms with E-state index in [0.29, 0.717) is 16.7 Å². The third-order valence-electron chi connectivity index (χ3n) is 3.29. The van der Waals surface area contributed by atoms with Crippen LogP contribution in [0.15, 0.2) is 35.7 Å². The Morgan fingerprint density at radius 3 is 2.92 bits per heavy atom. The van der Waals surface area contributed by atoms with Gasteiger partial charge in [0.1, 0.15) is 5.75 Å². The van der Waals surface area contributed by atoms with Gasteiger partial charge in [-0.3, -0.25) is 14.5 Å². The van der Waals surface area contributed by atoms with Crippen LogP contribution in [0, 0.1) is 6.92 Å². The SMILES string of the molecule is COc1ccc(C)cc1-n1c(SCC(=O)O)nnc1-c1cn[nH]c1. The van der Waals surface area contributed by atoms with Crippen molar-refractivity contribution in [3.63, 3.8) is 0 Å². The lowest BCUT2D eigenvalue weighted by Gasteiger charge is -2.14. The summed E-state index contributed by atoms with van der Waals surface area (Å²) in [6.45, 7) is 1.97. The third-order valence-corrected chi connectivity index (χ3v) is 4.20. The van der Waals surface area contributed by atoms with Crippen molar-refractivity contribution in [2.75, 3.05) is 12.9 Å². The summed E-state index contributed by atoms with van der Waals surface area (Å²) in [7, 11) is 1.58. The molecule has 0 aliphatic rings. The van der Waals surface area contributed by atoms with Crippen LogP contribution in [0.4, 0.5) is 0 Å². The first-order chi connectivity index (χ1) is 11.6. The van der Waals surface area contributed by atoms with E-state index in [-0.39, 0.29) is 5.75 Å². The smallest absolute Gasteiger partial charge is 0.313 e. The van der Waals surface area contributed by atoms with Gasteiger partial charge in [-0.2, -0.15) is 5.10 Å². The summed E-state index contributed by atoms with van der Waals surface area (Å²) in [5.74, 6) is 0.163. The van der Waals surface area contributed by atoms with E-state index in [1.54, 1.807) is 24.1 Å². The third kappa shape index (κ3) is 3.11. The molecule has 0 aliphatic heterocycles. The summed E-state index contributed by atoms with van der Waals surface area (Å²) in [5, 5.41) is 24.4. The maximum atomic E-state index is 10.9. The zero-order valence-electron chi connectivity index (χ0n) is 13.1. The minimum atomic E-state index is -0.921. The standard InChI is InChI=1S/C15H15N5O3S/c1-9-3-4-12(23-2)11(5-9)20-14(10-6-16-17-7-10)18-19-15(20)24-8-13(21)22/h3-7H,8H2,1-2H3,(H,16,17)(H,21,22). The predicted molar refractivity (Wildman–Crippen MR) is 88.6 cm³/mol. The number of nitrogens with one attached hydrogen (secondary N) is 1. The number of carboxylic acid groups (broad SMARTS) is 1. The number of rotatable bonds is 6. The highest BCUT2D eigenvalue weighted by atomic mass is 32.2. The van der Waals surface area contributed by atoms with Crippen LogP contribution in [-0.4, -0.2) is 48.9 Å². The molecule has 0 spiro atoms. The van der Waals surface area contributed by atoms with Crippen LogP contribution in [0.5, 0.6) is 5.75 Å². The highest BCUT2D eigenvalue weighted by Gasteiger charge is 2.20. The first-order valence-corrected chi connectivity index (χ1v) is 8.03. The molecule has 9 heteroatoms. The lowest BCUT2D eigenvalue weighted by atomic mass is 10.2. The molecule has 124 valence electrons. The van der Waals surface area contributed by atoms with Gasteiger partial charge in [0.05, 0.1) is 30.3 Å². The van der Waals surface area contributed by atoms with E-state index in [1.165, 1.54) is 0 Å². The Balaban J connectivity index is 2.18.